The molecule has 0 aromatic carbocycles. The van der Waals surface area contributed by atoms with E-state index in [1.165, 1.54) is 0 Å². The molecule has 1 aliphatic rings. The van der Waals surface area contributed by atoms with E-state index < -0.39 is 0 Å². The van der Waals surface area contributed by atoms with Crippen molar-refractivity contribution >= 4 is 0 Å². The Kier molecular flexibility index (Phi) is 4.78. The van der Waals surface area contributed by atoms with Gasteiger partial charge in [0, 0.05) is 0 Å². The molecule has 1 saturated heterocycles. The van der Waals surface area contributed by atoms with Crippen molar-refractivity contribution in [2.75, 3.05) is 0 Å². The van der Waals surface area contributed by atoms with Gasteiger partial charge in [-0.1, -0.05) is 48.5 Å². The molecule has 1 heteroatoms. The van der Waals surface area contributed by atoms with E-state index in [9.17, 15) is 0 Å². The molecule has 0 aliphatic carbocycles. The van der Waals surface area contributed by atoms with Gasteiger partial charge in [-0.25, -0.2) is 0 Å². The summed E-state index contributed by atoms with van der Waals surface area (Å²) in [5.41, 5.74) is 0.526. The first-order valence-corrected chi connectivity index (χ1v) is 8.46. The Labute approximate surface area is 127 Å². The topological polar surface area (TPSA) is 9.23 Å². The lowest BCUT2D eigenvalue weighted by atomic mass is 9.56. The van der Waals surface area contributed by atoms with Crippen LogP contribution in [0.5, 0.6) is 0 Å². The summed E-state index contributed by atoms with van der Waals surface area (Å²) in [6, 6.07) is 0. The predicted octanol–water partition coefficient (Wildman–Crippen LogP) is 6.07. The second kappa shape index (κ2) is 5.30. The Bertz CT molecular complexity index is 340. The molecule has 1 fully saturated rings. The number of rotatable bonds is 1. The third-order valence-electron chi connectivity index (χ3n) is 6.63. The van der Waals surface area contributed by atoms with E-state index in [1.54, 1.807) is 0 Å². The fraction of sp³-hybridized carbons (Fsp3) is 1.00. The van der Waals surface area contributed by atoms with Gasteiger partial charge in [0.2, 0.25) is 0 Å². The van der Waals surface area contributed by atoms with E-state index in [0.717, 1.165) is 19.3 Å². The highest BCUT2D eigenvalue weighted by Gasteiger charge is 2.49. The molecule has 1 nitrogen and oxygen atoms in total. The van der Waals surface area contributed by atoms with Gasteiger partial charge < -0.3 is 4.74 Å². The van der Waals surface area contributed by atoms with Crippen LogP contribution in [0.25, 0.3) is 0 Å². The van der Waals surface area contributed by atoms with Crippen LogP contribution < -0.4 is 0 Å². The summed E-state index contributed by atoms with van der Waals surface area (Å²) in [6.45, 7) is 23.8. The van der Waals surface area contributed by atoms with Gasteiger partial charge in [-0.05, 0) is 62.7 Å². The van der Waals surface area contributed by atoms with Crippen molar-refractivity contribution in [2.24, 2.45) is 22.7 Å². The van der Waals surface area contributed by atoms with Crippen molar-refractivity contribution in [1.82, 2.24) is 0 Å². The summed E-state index contributed by atoms with van der Waals surface area (Å²) in [6.07, 6.45) is 3.36. The highest BCUT2D eigenvalue weighted by Crippen LogP contribution is 2.54. The smallest absolute Gasteiger partial charge is 0.0661 e. The molecule has 1 heterocycles. The lowest BCUT2D eigenvalue weighted by Crippen LogP contribution is -2.44. The van der Waals surface area contributed by atoms with Crippen LogP contribution in [0.3, 0.4) is 0 Å². The van der Waals surface area contributed by atoms with Gasteiger partial charge in [0.05, 0.1) is 11.2 Å². The molecule has 0 aromatic heterocycles. The molecule has 0 aromatic rings. The maximum Gasteiger partial charge on any atom is 0.0661 e. The molecular formula is C19H38O. The van der Waals surface area contributed by atoms with E-state index in [0.29, 0.717) is 17.3 Å². The predicted molar refractivity (Wildman–Crippen MR) is 89.0 cm³/mol. The number of hydrogen-bond donors (Lipinski definition) is 0. The molecule has 0 radical (unpaired) electrons. The third kappa shape index (κ3) is 3.40. The molecule has 3 atom stereocenters. The average molecular weight is 283 g/mol. The van der Waals surface area contributed by atoms with E-state index in [2.05, 4.69) is 69.2 Å². The molecular weight excluding hydrogens is 244 g/mol. The van der Waals surface area contributed by atoms with Gasteiger partial charge in [-0.3, -0.25) is 0 Å². The minimum Gasteiger partial charge on any atom is -0.369 e. The minimum absolute atomic E-state index is 0.00762. The van der Waals surface area contributed by atoms with E-state index >= 15 is 0 Å². The summed E-state index contributed by atoms with van der Waals surface area (Å²) < 4.78 is 6.64. The quantitative estimate of drug-likeness (QED) is 0.567. The monoisotopic (exact) mass is 282 g/mol. The third-order valence-corrected chi connectivity index (χ3v) is 6.63. The Hall–Kier alpha value is -0.0400. The second-order valence-corrected chi connectivity index (χ2v) is 9.42. The summed E-state index contributed by atoms with van der Waals surface area (Å²) in [4.78, 5) is 0. The van der Waals surface area contributed by atoms with Gasteiger partial charge in [-0.2, -0.15) is 0 Å². The van der Waals surface area contributed by atoms with Crippen LogP contribution in [-0.2, 0) is 4.74 Å². The lowest BCUT2D eigenvalue weighted by Gasteiger charge is -2.49. The largest absolute Gasteiger partial charge is 0.369 e. The zero-order chi connectivity index (χ0) is 16.0. The highest BCUT2D eigenvalue weighted by molar-refractivity contribution is 4.98. The summed E-state index contributed by atoms with van der Waals surface area (Å²) >= 11 is 0. The van der Waals surface area contributed by atoms with Crippen molar-refractivity contribution in [3.8, 4) is 0 Å². The molecule has 20 heavy (non-hydrogen) atoms. The minimum atomic E-state index is -0.0602. The molecule has 1 rings (SSSR count). The normalized spacial score (nSPS) is 40.5. The van der Waals surface area contributed by atoms with Gasteiger partial charge in [0.1, 0.15) is 0 Å². The first-order chi connectivity index (χ1) is 8.76. The first kappa shape index (κ1) is 18.0. The summed E-state index contributed by atoms with van der Waals surface area (Å²) in [5, 5.41) is 0. The standard InChI is InChI=1S/C19H38O/c1-11-19(10)12-14(2)15(3)18(8,9)16(4,5)13-17(6,7)20-19/h14-15H,11-13H2,1-10H3. The van der Waals surface area contributed by atoms with E-state index in [1.807, 2.05) is 0 Å². The number of ether oxygens (including phenoxy) is 1. The van der Waals surface area contributed by atoms with Crippen molar-refractivity contribution < 1.29 is 4.74 Å². The molecule has 0 N–H and O–H groups in total. The Morgan fingerprint density at radius 2 is 1.45 bits per heavy atom. The van der Waals surface area contributed by atoms with Crippen LogP contribution in [0, 0.1) is 22.7 Å². The number of hydrogen-bond acceptors (Lipinski definition) is 1. The van der Waals surface area contributed by atoms with Crippen LogP contribution in [0.15, 0.2) is 0 Å². The fourth-order valence-electron chi connectivity index (χ4n) is 4.44. The highest BCUT2D eigenvalue weighted by atomic mass is 16.5. The zero-order valence-electron chi connectivity index (χ0n) is 15.7. The SMILES string of the molecule is CCC1(C)CC(C)C(C)C(C)(C)C(C)(C)CC(C)(C)O1. The zero-order valence-corrected chi connectivity index (χ0v) is 15.7. The van der Waals surface area contributed by atoms with Crippen LogP contribution in [0.1, 0.15) is 88.5 Å². The van der Waals surface area contributed by atoms with E-state index in [4.69, 9.17) is 4.74 Å². The lowest BCUT2D eigenvalue weighted by molar-refractivity contribution is -0.154. The van der Waals surface area contributed by atoms with Crippen LogP contribution in [0.2, 0.25) is 0 Å². The Morgan fingerprint density at radius 1 is 0.950 bits per heavy atom. The Balaban J connectivity index is 3.28. The van der Waals surface area contributed by atoms with Crippen molar-refractivity contribution in [3.63, 3.8) is 0 Å². The van der Waals surface area contributed by atoms with Crippen molar-refractivity contribution in [1.29, 1.82) is 0 Å². The maximum absolute atomic E-state index is 6.64. The van der Waals surface area contributed by atoms with Crippen LogP contribution in [-0.4, -0.2) is 11.2 Å². The van der Waals surface area contributed by atoms with Crippen molar-refractivity contribution in [3.05, 3.63) is 0 Å². The molecule has 1 aliphatic heterocycles. The fourth-order valence-corrected chi connectivity index (χ4v) is 4.44. The molecule has 3 unspecified atom stereocenters. The van der Waals surface area contributed by atoms with Gasteiger partial charge in [0.25, 0.3) is 0 Å². The van der Waals surface area contributed by atoms with Gasteiger partial charge >= 0.3 is 0 Å². The molecule has 0 amide bonds. The molecule has 0 spiro atoms. The average Bonchev–Trinajstić information content (AvgIpc) is 2.24. The maximum atomic E-state index is 6.64. The second-order valence-electron chi connectivity index (χ2n) is 9.42. The van der Waals surface area contributed by atoms with Crippen molar-refractivity contribution in [2.45, 2.75) is 99.7 Å². The van der Waals surface area contributed by atoms with E-state index in [-0.39, 0.29) is 16.6 Å². The van der Waals surface area contributed by atoms with Gasteiger partial charge in [0.15, 0.2) is 0 Å². The van der Waals surface area contributed by atoms with Gasteiger partial charge in [-0.15, -0.1) is 0 Å². The molecule has 120 valence electrons. The molecule has 0 saturated carbocycles. The van der Waals surface area contributed by atoms with Crippen LogP contribution >= 0.6 is 0 Å². The Morgan fingerprint density at radius 3 is 1.90 bits per heavy atom. The molecule has 0 bridgehead atoms. The first-order valence-electron chi connectivity index (χ1n) is 8.46. The summed E-state index contributed by atoms with van der Waals surface area (Å²) in [5.74, 6) is 1.38. The summed E-state index contributed by atoms with van der Waals surface area (Å²) in [7, 11) is 0. The van der Waals surface area contributed by atoms with Crippen LogP contribution in [0.4, 0.5) is 0 Å².